The fourth-order valence-electron chi connectivity index (χ4n) is 2.11. The third-order valence-corrected chi connectivity index (χ3v) is 4.49. The van der Waals surface area contributed by atoms with Crippen molar-refractivity contribution in [2.75, 3.05) is 14.2 Å². The van der Waals surface area contributed by atoms with Crippen molar-refractivity contribution in [2.24, 2.45) is 4.99 Å². The second kappa shape index (κ2) is 11.1. The SMILES string of the molecule is CN=C(NCc1ccc(C(=O)OC)cc1)NCc1nc(C(C)C)cs1.I. The predicted molar refractivity (Wildman–Crippen MR) is 116 cm³/mol. The number of guanidine groups is 1. The molecule has 2 aromatic rings. The van der Waals surface area contributed by atoms with Crippen molar-refractivity contribution < 1.29 is 9.53 Å². The van der Waals surface area contributed by atoms with E-state index in [2.05, 4.69) is 39.8 Å². The molecule has 0 radical (unpaired) electrons. The average Bonchev–Trinajstić information content (AvgIpc) is 3.11. The Labute approximate surface area is 175 Å². The maximum atomic E-state index is 11.4. The van der Waals surface area contributed by atoms with Crippen molar-refractivity contribution in [1.29, 1.82) is 0 Å². The van der Waals surface area contributed by atoms with Gasteiger partial charge in [-0.3, -0.25) is 4.99 Å². The molecule has 0 aliphatic rings. The summed E-state index contributed by atoms with van der Waals surface area (Å²) in [5, 5.41) is 9.64. The van der Waals surface area contributed by atoms with Crippen LogP contribution < -0.4 is 10.6 Å². The van der Waals surface area contributed by atoms with E-state index in [-0.39, 0.29) is 29.9 Å². The lowest BCUT2D eigenvalue weighted by molar-refractivity contribution is 0.0600. The fourth-order valence-corrected chi connectivity index (χ4v) is 3.01. The van der Waals surface area contributed by atoms with Crippen LogP contribution in [-0.4, -0.2) is 31.1 Å². The van der Waals surface area contributed by atoms with Crippen LogP contribution in [0.2, 0.25) is 0 Å². The fraction of sp³-hybridized carbons (Fsp3) is 0.389. The second-order valence-corrected chi connectivity index (χ2v) is 6.73. The Morgan fingerprint density at radius 2 is 1.88 bits per heavy atom. The van der Waals surface area contributed by atoms with Crippen molar-refractivity contribution in [3.63, 3.8) is 0 Å². The zero-order chi connectivity index (χ0) is 18.2. The highest BCUT2D eigenvalue weighted by molar-refractivity contribution is 14.0. The Hall–Kier alpha value is -1.68. The van der Waals surface area contributed by atoms with E-state index < -0.39 is 0 Å². The summed E-state index contributed by atoms with van der Waals surface area (Å²) in [6.07, 6.45) is 0. The number of hydrogen-bond donors (Lipinski definition) is 2. The van der Waals surface area contributed by atoms with E-state index >= 15 is 0 Å². The van der Waals surface area contributed by atoms with Gasteiger partial charge in [0, 0.05) is 19.0 Å². The molecule has 1 aromatic carbocycles. The largest absolute Gasteiger partial charge is 0.465 e. The number of nitrogens with zero attached hydrogens (tertiary/aromatic N) is 2. The lowest BCUT2D eigenvalue weighted by Gasteiger charge is -2.11. The monoisotopic (exact) mass is 488 g/mol. The Morgan fingerprint density at radius 3 is 2.42 bits per heavy atom. The van der Waals surface area contributed by atoms with Crippen LogP contribution in [0, 0.1) is 0 Å². The molecule has 2 N–H and O–H groups in total. The molecule has 142 valence electrons. The summed E-state index contributed by atoms with van der Waals surface area (Å²) in [5.74, 6) is 0.815. The van der Waals surface area contributed by atoms with Gasteiger partial charge >= 0.3 is 5.97 Å². The van der Waals surface area contributed by atoms with E-state index in [0.717, 1.165) is 16.3 Å². The van der Waals surface area contributed by atoms with E-state index in [9.17, 15) is 4.79 Å². The van der Waals surface area contributed by atoms with Crippen molar-refractivity contribution >= 4 is 47.2 Å². The predicted octanol–water partition coefficient (Wildman–Crippen LogP) is 3.54. The van der Waals surface area contributed by atoms with Crippen molar-refractivity contribution in [2.45, 2.75) is 32.9 Å². The highest BCUT2D eigenvalue weighted by Crippen LogP contribution is 2.17. The zero-order valence-corrected chi connectivity index (χ0v) is 18.6. The van der Waals surface area contributed by atoms with Gasteiger partial charge in [0.25, 0.3) is 0 Å². The zero-order valence-electron chi connectivity index (χ0n) is 15.4. The Balaban J connectivity index is 0.00000338. The van der Waals surface area contributed by atoms with Crippen molar-refractivity contribution in [3.8, 4) is 0 Å². The number of methoxy groups -OCH3 is 1. The lowest BCUT2D eigenvalue weighted by Crippen LogP contribution is -2.36. The van der Waals surface area contributed by atoms with Crippen molar-refractivity contribution in [3.05, 3.63) is 51.5 Å². The minimum Gasteiger partial charge on any atom is -0.465 e. The van der Waals surface area contributed by atoms with Gasteiger partial charge in [-0.25, -0.2) is 9.78 Å². The Kier molecular flexibility index (Phi) is 9.57. The first kappa shape index (κ1) is 22.4. The summed E-state index contributed by atoms with van der Waals surface area (Å²) in [6, 6.07) is 7.29. The number of nitrogens with one attached hydrogen (secondary N) is 2. The van der Waals surface area contributed by atoms with Crippen LogP contribution in [-0.2, 0) is 17.8 Å². The molecule has 26 heavy (non-hydrogen) atoms. The van der Waals surface area contributed by atoms with Gasteiger partial charge in [0.2, 0.25) is 0 Å². The minimum atomic E-state index is -0.332. The molecular weight excluding hydrogens is 463 g/mol. The van der Waals surface area contributed by atoms with Gasteiger partial charge in [0.15, 0.2) is 5.96 Å². The first-order valence-corrected chi connectivity index (χ1v) is 8.97. The normalized spacial score (nSPS) is 11.0. The van der Waals surface area contributed by atoms with Crippen LogP contribution in [0.3, 0.4) is 0 Å². The summed E-state index contributed by atoms with van der Waals surface area (Å²) >= 11 is 1.65. The van der Waals surface area contributed by atoms with Crippen LogP contribution >= 0.6 is 35.3 Å². The molecule has 0 atom stereocenters. The van der Waals surface area contributed by atoms with E-state index in [4.69, 9.17) is 4.74 Å². The molecule has 2 rings (SSSR count). The maximum absolute atomic E-state index is 11.4. The van der Waals surface area contributed by atoms with Gasteiger partial charge in [-0.2, -0.15) is 0 Å². The first-order valence-electron chi connectivity index (χ1n) is 8.09. The summed E-state index contributed by atoms with van der Waals surface area (Å²) in [7, 11) is 3.11. The molecule has 1 heterocycles. The highest BCUT2D eigenvalue weighted by atomic mass is 127. The van der Waals surface area contributed by atoms with Gasteiger partial charge in [0.05, 0.1) is 24.9 Å². The topological polar surface area (TPSA) is 75.6 Å². The molecule has 0 fully saturated rings. The standard InChI is InChI=1S/C18H24N4O2S.HI/c1-12(2)15-11-25-16(22-15)10-21-18(19-3)20-9-13-5-7-14(8-6-13)17(23)24-4;/h5-8,11-12H,9-10H2,1-4H3,(H2,19,20,21);1H. The number of ether oxygens (including phenoxy) is 1. The number of carbonyl (C=O) groups is 1. The maximum Gasteiger partial charge on any atom is 0.337 e. The van der Waals surface area contributed by atoms with Gasteiger partial charge in [-0.05, 0) is 23.6 Å². The molecule has 0 amide bonds. The molecule has 0 saturated heterocycles. The molecule has 1 aromatic heterocycles. The number of benzene rings is 1. The average molecular weight is 488 g/mol. The van der Waals surface area contributed by atoms with Crippen LogP contribution in [0.1, 0.15) is 46.4 Å². The number of aliphatic imine (C=N–C) groups is 1. The quantitative estimate of drug-likeness (QED) is 0.282. The number of halogens is 1. The molecule has 0 aliphatic carbocycles. The van der Waals surface area contributed by atoms with Crippen LogP contribution in [0.15, 0.2) is 34.6 Å². The third-order valence-electron chi connectivity index (χ3n) is 3.63. The van der Waals surface area contributed by atoms with E-state index in [1.165, 1.54) is 7.11 Å². The minimum absolute atomic E-state index is 0. The van der Waals surface area contributed by atoms with Crippen LogP contribution in [0.5, 0.6) is 0 Å². The highest BCUT2D eigenvalue weighted by Gasteiger charge is 2.07. The molecule has 6 nitrogen and oxygen atoms in total. The third kappa shape index (κ3) is 6.56. The number of rotatable bonds is 6. The summed E-state index contributed by atoms with van der Waals surface area (Å²) in [5.41, 5.74) is 2.71. The van der Waals surface area contributed by atoms with E-state index in [0.29, 0.717) is 30.5 Å². The lowest BCUT2D eigenvalue weighted by atomic mass is 10.1. The molecule has 0 unspecified atom stereocenters. The summed E-state index contributed by atoms with van der Waals surface area (Å²) in [4.78, 5) is 20.2. The molecule has 8 heteroatoms. The smallest absolute Gasteiger partial charge is 0.337 e. The number of hydrogen-bond acceptors (Lipinski definition) is 5. The van der Waals surface area contributed by atoms with Gasteiger partial charge in [0.1, 0.15) is 5.01 Å². The summed E-state index contributed by atoms with van der Waals surface area (Å²) in [6.45, 7) is 5.52. The second-order valence-electron chi connectivity index (χ2n) is 5.79. The molecule has 0 bridgehead atoms. The van der Waals surface area contributed by atoms with E-state index in [1.807, 2.05) is 12.1 Å². The van der Waals surface area contributed by atoms with Gasteiger partial charge in [-0.15, -0.1) is 35.3 Å². The molecule has 0 saturated carbocycles. The Bertz CT molecular complexity index is 729. The number of carbonyl (C=O) groups excluding carboxylic acids is 1. The van der Waals surface area contributed by atoms with Gasteiger partial charge < -0.3 is 15.4 Å². The van der Waals surface area contributed by atoms with Crippen molar-refractivity contribution in [1.82, 2.24) is 15.6 Å². The van der Waals surface area contributed by atoms with Gasteiger partial charge in [-0.1, -0.05) is 26.0 Å². The number of thiazole rings is 1. The number of aromatic nitrogens is 1. The Morgan fingerprint density at radius 1 is 1.23 bits per heavy atom. The summed E-state index contributed by atoms with van der Waals surface area (Å²) < 4.78 is 4.69. The number of esters is 1. The molecule has 0 spiro atoms. The molecular formula is C18H25IN4O2S. The van der Waals surface area contributed by atoms with E-state index in [1.54, 1.807) is 30.5 Å². The van der Waals surface area contributed by atoms with Crippen LogP contribution in [0.4, 0.5) is 0 Å². The van der Waals surface area contributed by atoms with Crippen LogP contribution in [0.25, 0.3) is 0 Å². The first-order chi connectivity index (χ1) is 12.0. The molecule has 0 aliphatic heterocycles.